The van der Waals surface area contributed by atoms with Crippen molar-refractivity contribution < 1.29 is 4.79 Å². The first-order valence-electron chi connectivity index (χ1n) is 6.97. The number of carbonyl (C=O) groups is 1. The molecule has 0 aromatic carbocycles. The smallest absolute Gasteiger partial charge is 0.225 e. The maximum Gasteiger partial charge on any atom is 0.225 e. The molecule has 16 heavy (non-hydrogen) atoms. The molecule has 2 aliphatic rings. The molecular formula is C14H25NO. The van der Waals surface area contributed by atoms with E-state index in [-0.39, 0.29) is 0 Å². The molecule has 0 spiro atoms. The van der Waals surface area contributed by atoms with E-state index >= 15 is 0 Å². The Morgan fingerprint density at radius 2 is 1.62 bits per heavy atom. The second-order valence-electron chi connectivity index (χ2n) is 5.89. The highest BCUT2D eigenvalue weighted by molar-refractivity contribution is 5.79. The summed E-state index contributed by atoms with van der Waals surface area (Å²) < 4.78 is 0. The van der Waals surface area contributed by atoms with Gasteiger partial charge in [0, 0.05) is 19.0 Å². The lowest BCUT2D eigenvalue weighted by molar-refractivity contribution is -0.135. The van der Waals surface area contributed by atoms with Crippen molar-refractivity contribution in [3.63, 3.8) is 0 Å². The Balaban J connectivity index is 1.81. The highest BCUT2D eigenvalue weighted by Crippen LogP contribution is 2.34. The molecule has 1 saturated heterocycles. The van der Waals surface area contributed by atoms with Gasteiger partial charge in [-0.3, -0.25) is 4.79 Å². The molecule has 1 saturated carbocycles. The largest absolute Gasteiger partial charge is 0.342 e. The van der Waals surface area contributed by atoms with Crippen LogP contribution in [0.5, 0.6) is 0 Å². The van der Waals surface area contributed by atoms with Gasteiger partial charge in [0.2, 0.25) is 5.91 Å². The van der Waals surface area contributed by atoms with Gasteiger partial charge in [-0.25, -0.2) is 0 Å². The van der Waals surface area contributed by atoms with Gasteiger partial charge >= 0.3 is 0 Å². The molecule has 0 bridgehead atoms. The van der Waals surface area contributed by atoms with Crippen molar-refractivity contribution in [2.45, 2.75) is 52.4 Å². The van der Waals surface area contributed by atoms with E-state index in [0.717, 1.165) is 37.8 Å². The first kappa shape index (κ1) is 11.9. The molecule has 1 amide bonds. The third-order valence-corrected chi connectivity index (χ3v) is 4.48. The van der Waals surface area contributed by atoms with E-state index in [1.165, 1.54) is 25.7 Å². The molecule has 0 radical (unpaired) electrons. The molecule has 2 nitrogen and oxygen atoms in total. The van der Waals surface area contributed by atoms with Crippen LogP contribution in [0.25, 0.3) is 0 Å². The van der Waals surface area contributed by atoms with Gasteiger partial charge in [0.1, 0.15) is 0 Å². The zero-order valence-electron chi connectivity index (χ0n) is 10.7. The Labute approximate surface area is 99.4 Å². The standard InChI is InChI=1S/C14H25NO/c1-11(2)12-5-7-13(8-6-12)14(16)15-9-3-4-10-15/h11-13H,3-10H2,1-2H3. The number of hydrogen-bond acceptors (Lipinski definition) is 1. The Kier molecular flexibility index (Phi) is 3.88. The van der Waals surface area contributed by atoms with Gasteiger partial charge in [-0.1, -0.05) is 13.8 Å². The number of rotatable bonds is 2. The summed E-state index contributed by atoms with van der Waals surface area (Å²) in [5, 5.41) is 0. The van der Waals surface area contributed by atoms with Gasteiger partial charge in [-0.05, 0) is 50.4 Å². The molecule has 1 heterocycles. The summed E-state index contributed by atoms with van der Waals surface area (Å²) in [6, 6.07) is 0. The van der Waals surface area contributed by atoms with E-state index in [0.29, 0.717) is 11.8 Å². The fourth-order valence-corrected chi connectivity index (χ4v) is 3.23. The lowest BCUT2D eigenvalue weighted by Crippen LogP contribution is -2.36. The molecule has 0 aromatic rings. The zero-order valence-corrected chi connectivity index (χ0v) is 10.7. The van der Waals surface area contributed by atoms with E-state index in [1.807, 2.05) is 0 Å². The van der Waals surface area contributed by atoms with Crippen LogP contribution < -0.4 is 0 Å². The summed E-state index contributed by atoms with van der Waals surface area (Å²) in [4.78, 5) is 14.3. The average Bonchev–Trinajstić information content (AvgIpc) is 2.81. The maximum absolute atomic E-state index is 12.2. The maximum atomic E-state index is 12.2. The first-order valence-corrected chi connectivity index (χ1v) is 6.97. The van der Waals surface area contributed by atoms with Crippen molar-refractivity contribution in [3.8, 4) is 0 Å². The Morgan fingerprint density at radius 1 is 1.06 bits per heavy atom. The third-order valence-electron chi connectivity index (χ3n) is 4.48. The number of likely N-dealkylation sites (tertiary alicyclic amines) is 1. The average molecular weight is 223 g/mol. The fraction of sp³-hybridized carbons (Fsp3) is 0.929. The minimum Gasteiger partial charge on any atom is -0.342 e. The van der Waals surface area contributed by atoms with Gasteiger partial charge in [-0.2, -0.15) is 0 Å². The molecule has 0 N–H and O–H groups in total. The van der Waals surface area contributed by atoms with Crippen LogP contribution >= 0.6 is 0 Å². The van der Waals surface area contributed by atoms with Crippen LogP contribution in [0.3, 0.4) is 0 Å². The summed E-state index contributed by atoms with van der Waals surface area (Å²) in [5.41, 5.74) is 0. The Morgan fingerprint density at radius 3 is 2.12 bits per heavy atom. The predicted molar refractivity (Wildman–Crippen MR) is 66.1 cm³/mol. The molecule has 0 atom stereocenters. The van der Waals surface area contributed by atoms with Crippen LogP contribution in [-0.4, -0.2) is 23.9 Å². The number of carbonyl (C=O) groups excluding carboxylic acids is 1. The lowest BCUT2D eigenvalue weighted by Gasteiger charge is -2.32. The SMILES string of the molecule is CC(C)C1CCC(C(=O)N2CCCC2)CC1. The molecule has 2 rings (SSSR count). The summed E-state index contributed by atoms with van der Waals surface area (Å²) >= 11 is 0. The van der Waals surface area contributed by atoms with Crippen LogP contribution in [0, 0.1) is 17.8 Å². The van der Waals surface area contributed by atoms with Crippen LogP contribution in [0.2, 0.25) is 0 Å². The van der Waals surface area contributed by atoms with Crippen molar-refractivity contribution >= 4 is 5.91 Å². The molecule has 2 heteroatoms. The van der Waals surface area contributed by atoms with Gasteiger partial charge in [-0.15, -0.1) is 0 Å². The van der Waals surface area contributed by atoms with Crippen molar-refractivity contribution in [2.24, 2.45) is 17.8 Å². The van der Waals surface area contributed by atoms with Crippen molar-refractivity contribution in [1.29, 1.82) is 0 Å². The summed E-state index contributed by atoms with van der Waals surface area (Å²) in [7, 11) is 0. The Bertz CT molecular complexity index is 235. The normalized spacial score (nSPS) is 31.1. The topological polar surface area (TPSA) is 20.3 Å². The van der Waals surface area contributed by atoms with Crippen molar-refractivity contribution in [3.05, 3.63) is 0 Å². The predicted octanol–water partition coefficient (Wildman–Crippen LogP) is 3.07. The van der Waals surface area contributed by atoms with Crippen LogP contribution in [0.4, 0.5) is 0 Å². The summed E-state index contributed by atoms with van der Waals surface area (Å²) in [6.07, 6.45) is 7.24. The monoisotopic (exact) mass is 223 g/mol. The molecular weight excluding hydrogens is 198 g/mol. The zero-order chi connectivity index (χ0) is 11.5. The van der Waals surface area contributed by atoms with Crippen molar-refractivity contribution in [1.82, 2.24) is 4.90 Å². The fourth-order valence-electron chi connectivity index (χ4n) is 3.23. The molecule has 2 fully saturated rings. The van der Waals surface area contributed by atoms with Crippen LogP contribution in [0.15, 0.2) is 0 Å². The third kappa shape index (κ3) is 2.58. The molecule has 0 aromatic heterocycles. The second-order valence-corrected chi connectivity index (χ2v) is 5.89. The van der Waals surface area contributed by atoms with Gasteiger partial charge in [0.05, 0.1) is 0 Å². The first-order chi connectivity index (χ1) is 7.68. The van der Waals surface area contributed by atoms with E-state index in [2.05, 4.69) is 18.7 Å². The molecule has 1 aliphatic heterocycles. The van der Waals surface area contributed by atoms with Gasteiger partial charge in [0.15, 0.2) is 0 Å². The van der Waals surface area contributed by atoms with Crippen molar-refractivity contribution in [2.75, 3.05) is 13.1 Å². The van der Waals surface area contributed by atoms with Crippen LogP contribution in [0.1, 0.15) is 52.4 Å². The van der Waals surface area contributed by atoms with E-state index in [4.69, 9.17) is 0 Å². The summed E-state index contributed by atoms with van der Waals surface area (Å²) in [5.74, 6) is 2.47. The quantitative estimate of drug-likeness (QED) is 0.704. The highest BCUT2D eigenvalue weighted by atomic mass is 16.2. The molecule has 1 aliphatic carbocycles. The van der Waals surface area contributed by atoms with Gasteiger partial charge in [0.25, 0.3) is 0 Å². The number of nitrogens with zero attached hydrogens (tertiary/aromatic N) is 1. The number of amides is 1. The Hall–Kier alpha value is -0.530. The second kappa shape index (κ2) is 5.20. The summed E-state index contributed by atoms with van der Waals surface area (Å²) in [6.45, 7) is 6.66. The van der Waals surface area contributed by atoms with Crippen LogP contribution in [-0.2, 0) is 4.79 Å². The van der Waals surface area contributed by atoms with E-state index < -0.39 is 0 Å². The number of hydrogen-bond donors (Lipinski definition) is 0. The minimum absolute atomic E-state index is 0.355. The highest BCUT2D eigenvalue weighted by Gasteiger charge is 2.31. The lowest BCUT2D eigenvalue weighted by atomic mass is 9.76. The van der Waals surface area contributed by atoms with Gasteiger partial charge < -0.3 is 4.90 Å². The molecule has 0 unspecified atom stereocenters. The minimum atomic E-state index is 0.355. The van der Waals surface area contributed by atoms with E-state index in [9.17, 15) is 4.79 Å². The van der Waals surface area contributed by atoms with E-state index in [1.54, 1.807) is 0 Å². The molecule has 92 valence electrons.